The number of aliphatic hydroxyl groups is 5. The predicted octanol–water partition coefficient (Wildman–Crippen LogP) is 8.33. The maximum Gasteiger partial charge on any atom is 0.265 e. The molecular weight excluding hydrogens is 917 g/mol. The van der Waals surface area contributed by atoms with Gasteiger partial charge in [0, 0.05) is 69.5 Å². The Bertz CT molecular complexity index is 2130. The van der Waals surface area contributed by atoms with Crippen LogP contribution >= 0.6 is 0 Å². The molecule has 0 saturated carbocycles. The van der Waals surface area contributed by atoms with E-state index in [0.717, 1.165) is 70.8 Å². The van der Waals surface area contributed by atoms with E-state index in [4.69, 9.17) is 9.66 Å². The summed E-state index contributed by atoms with van der Waals surface area (Å²) in [5, 5.41) is 48.9. The van der Waals surface area contributed by atoms with Gasteiger partial charge in [0.15, 0.2) is 24.8 Å². The molecular formula is C57H88N4O9S+2. The van der Waals surface area contributed by atoms with Gasteiger partial charge in [-0.05, 0) is 122 Å². The molecule has 0 aliphatic heterocycles. The van der Waals surface area contributed by atoms with Gasteiger partial charge in [0.05, 0.1) is 12.4 Å². The van der Waals surface area contributed by atoms with Crippen molar-refractivity contribution in [3.05, 3.63) is 126 Å². The lowest BCUT2D eigenvalue weighted by Gasteiger charge is -2.28. The molecule has 3 aromatic heterocycles. The van der Waals surface area contributed by atoms with Gasteiger partial charge in [-0.25, -0.2) is 9.13 Å². The van der Waals surface area contributed by atoms with Crippen molar-refractivity contribution < 1.29 is 52.4 Å². The SMILES string of the molecule is CCCC(CCCC(CCCCC(CCCC(CCC)c1cc[n+](CCCS(=O)(=O)O)cc1)c1cc[n+](CCCCCC(=O)N(C)CC(O)C(O)C(O)C(O)CO)cc1)c1ccncc1)c1ccccc1. The summed E-state index contributed by atoms with van der Waals surface area (Å²) in [4.78, 5) is 18.4. The van der Waals surface area contributed by atoms with E-state index in [2.05, 4.69) is 103 Å². The van der Waals surface area contributed by atoms with Crippen LogP contribution in [0.4, 0.5) is 0 Å². The molecule has 394 valence electrons. The molecule has 0 radical (unpaired) electrons. The Morgan fingerprint density at radius 2 is 1.00 bits per heavy atom. The Labute approximate surface area is 425 Å². The number of amides is 1. The minimum absolute atomic E-state index is 0.187. The van der Waals surface area contributed by atoms with Gasteiger partial charge >= 0.3 is 0 Å². The smallest absolute Gasteiger partial charge is 0.265 e. The fourth-order valence-electron chi connectivity index (χ4n) is 10.2. The lowest BCUT2D eigenvalue weighted by atomic mass is 9.83. The zero-order valence-corrected chi connectivity index (χ0v) is 43.8. The minimum atomic E-state index is -3.97. The number of nitrogens with zero attached hydrogens (tertiary/aromatic N) is 4. The second-order valence-electron chi connectivity index (χ2n) is 20.0. The Balaban J connectivity index is 1.35. The number of carbonyl (C=O) groups is 1. The molecule has 4 rings (SSSR count). The summed E-state index contributed by atoms with van der Waals surface area (Å²) in [6.45, 7) is 4.91. The molecule has 1 aromatic carbocycles. The molecule has 0 bridgehead atoms. The van der Waals surface area contributed by atoms with Gasteiger partial charge in [0.1, 0.15) is 37.5 Å². The molecule has 14 heteroatoms. The first-order valence-electron chi connectivity index (χ1n) is 26.7. The van der Waals surface area contributed by atoms with E-state index >= 15 is 0 Å². The van der Waals surface area contributed by atoms with Crippen LogP contribution in [0.1, 0.15) is 182 Å². The van der Waals surface area contributed by atoms with Crippen molar-refractivity contribution >= 4 is 16.0 Å². The average Bonchev–Trinajstić information content (AvgIpc) is 3.37. The number of hydrogen-bond acceptors (Lipinski definition) is 9. The van der Waals surface area contributed by atoms with E-state index in [1.54, 1.807) is 0 Å². The van der Waals surface area contributed by atoms with Crippen LogP contribution in [0.25, 0.3) is 0 Å². The van der Waals surface area contributed by atoms with Crippen molar-refractivity contribution in [3.8, 4) is 0 Å². The largest absolute Gasteiger partial charge is 0.394 e. The van der Waals surface area contributed by atoms with Crippen LogP contribution in [0.5, 0.6) is 0 Å². The standard InChI is InChI=1S/C57H87N4O9S/c1-4-17-45(47-19-8-6-9-20-47)23-14-25-48(50-28-34-58-35-29-50)21-11-12-22-49(26-15-24-46(18-5-2)51-30-40-61(41-31-51)37-16-42-71(68,69)70)52-32-38-60(39-33-52)36-13-7-10-27-55(65)59(3)43-53(63)56(66)57(67)54(64)44-62/h6,8-9,19-20,28-35,38-41,45-46,48-49,53-54,56-57,62-64,66-67H,4-5,7,10-18,21-27,36-37,42-44H2,1-3H3/q+1/p+1. The number of aryl methyl sites for hydroxylation is 2. The van der Waals surface area contributed by atoms with Crippen molar-refractivity contribution in [2.45, 2.75) is 197 Å². The van der Waals surface area contributed by atoms with Crippen LogP contribution in [0.2, 0.25) is 0 Å². The van der Waals surface area contributed by atoms with Gasteiger partial charge in [0.2, 0.25) is 5.91 Å². The van der Waals surface area contributed by atoms with Crippen LogP contribution in [0.15, 0.2) is 104 Å². The van der Waals surface area contributed by atoms with Gasteiger partial charge in [-0.3, -0.25) is 14.3 Å². The van der Waals surface area contributed by atoms with Crippen LogP contribution < -0.4 is 9.13 Å². The molecule has 0 fully saturated rings. The number of pyridine rings is 3. The van der Waals surface area contributed by atoms with E-state index in [1.807, 2.05) is 29.4 Å². The lowest BCUT2D eigenvalue weighted by molar-refractivity contribution is -0.697. The summed E-state index contributed by atoms with van der Waals surface area (Å²) in [6, 6.07) is 24.4. The zero-order valence-electron chi connectivity index (χ0n) is 43.0. The zero-order chi connectivity index (χ0) is 51.4. The highest BCUT2D eigenvalue weighted by Gasteiger charge is 2.31. The molecule has 6 N–H and O–H groups in total. The average molecular weight is 1010 g/mol. The molecule has 8 unspecified atom stereocenters. The number of benzene rings is 1. The first-order valence-corrected chi connectivity index (χ1v) is 28.3. The third-order valence-electron chi connectivity index (χ3n) is 14.4. The van der Waals surface area contributed by atoms with Gasteiger partial charge in [0.25, 0.3) is 10.1 Å². The summed E-state index contributed by atoms with van der Waals surface area (Å²) in [6.07, 6.45) is 24.9. The van der Waals surface area contributed by atoms with E-state index in [9.17, 15) is 33.6 Å². The van der Waals surface area contributed by atoms with Crippen molar-refractivity contribution in [2.75, 3.05) is 26.0 Å². The highest BCUT2D eigenvalue weighted by molar-refractivity contribution is 7.85. The highest BCUT2D eigenvalue weighted by Crippen LogP contribution is 2.35. The first-order chi connectivity index (χ1) is 34.2. The number of hydrogen-bond donors (Lipinski definition) is 6. The summed E-state index contributed by atoms with van der Waals surface area (Å²) in [7, 11) is -2.45. The number of carbonyl (C=O) groups excluding carboxylic acids is 1. The van der Waals surface area contributed by atoms with Crippen LogP contribution in [0.3, 0.4) is 0 Å². The monoisotopic (exact) mass is 1000 g/mol. The summed E-state index contributed by atoms with van der Waals surface area (Å²) in [5.41, 5.74) is 5.53. The third kappa shape index (κ3) is 22.2. The van der Waals surface area contributed by atoms with Gasteiger partial charge in [-0.2, -0.15) is 8.42 Å². The molecule has 13 nitrogen and oxygen atoms in total. The number of rotatable bonds is 37. The molecule has 4 aromatic rings. The Morgan fingerprint density at radius 3 is 1.48 bits per heavy atom. The Hall–Kier alpha value is -4.15. The number of aliphatic hydroxyl groups excluding tert-OH is 5. The first kappa shape index (κ1) is 59.4. The minimum Gasteiger partial charge on any atom is -0.394 e. The fourth-order valence-corrected chi connectivity index (χ4v) is 10.7. The number of likely N-dealkylation sites (N-methyl/N-ethyl adjacent to an activating group) is 1. The maximum atomic E-state index is 12.8. The van der Waals surface area contributed by atoms with E-state index in [-0.39, 0.29) is 24.6 Å². The summed E-state index contributed by atoms with van der Waals surface area (Å²) < 4.78 is 35.8. The van der Waals surface area contributed by atoms with Crippen molar-refractivity contribution in [3.63, 3.8) is 0 Å². The van der Waals surface area contributed by atoms with Gasteiger partial charge in [-0.15, -0.1) is 0 Å². The molecule has 71 heavy (non-hydrogen) atoms. The normalized spacial score (nSPS) is 15.3. The second kappa shape index (κ2) is 32.8. The third-order valence-corrected chi connectivity index (χ3v) is 15.2. The van der Waals surface area contributed by atoms with Crippen LogP contribution in [0, 0.1) is 0 Å². The highest BCUT2D eigenvalue weighted by atomic mass is 32.2. The van der Waals surface area contributed by atoms with Crippen molar-refractivity contribution in [2.24, 2.45) is 0 Å². The molecule has 8 atom stereocenters. The Morgan fingerprint density at radius 1 is 0.563 bits per heavy atom. The summed E-state index contributed by atoms with van der Waals surface area (Å²) in [5.74, 6) is 1.54. The molecule has 1 amide bonds. The number of aromatic nitrogens is 3. The molecule has 0 aliphatic rings. The topological polar surface area (TPSA) is 196 Å². The van der Waals surface area contributed by atoms with Crippen LogP contribution in [-0.2, 0) is 28.0 Å². The lowest BCUT2D eigenvalue weighted by Crippen LogP contribution is -2.49. The van der Waals surface area contributed by atoms with E-state index in [1.165, 1.54) is 72.7 Å². The van der Waals surface area contributed by atoms with Crippen molar-refractivity contribution in [1.29, 1.82) is 0 Å². The maximum absolute atomic E-state index is 12.8. The fraction of sp³-hybridized carbons (Fsp3) is 0.614. The van der Waals surface area contributed by atoms with E-state index in [0.29, 0.717) is 43.1 Å². The quantitative estimate of drug-likeness (QED) is 0.0145. The summed E-state index contributed by atoms with van der Waals surface area (Å²) >= 11 is 0. The van der Waals surface area contributed by atoms with Crippen LogP contribution in [-0.4, -0.2) is 105 Å². The Kier molecular flexibility index (Phi) is 27.5. The van der Waals surface area contributed by atoms with Gasteiger partial charge in [-0.1, -0.05) is 82.7 Å². The van der Waals surface area contributed by atoms with E-state index < -0.39 is 41.1 Å². The predicted molar refractivity (Wildman–Crippen MR) is 279 cm³/mol. The van der Waals surface area contributed by atoms with Crippen molar-refractivity contribution in [1.82, 2.24) is 9.88 Å². The molecule has 3 heterocycles. The second-order valence-corrected chi connectivity index (χ2v) is 21.5. The molecule has 0 aliphatic carbocycles. The number of unbranched alkanes of at least 4 members (excludes halogenated alkanes) is 3. The van der Waals surface area contributed by atoms with Gasteiger partial charge < -0.3 is 30.4 Å². The molecule has 0 spiro atoms. The molecule has 0 saturated heterocycles.